The summed E-state index contributed by atoms with van der Waals surface area (Å²) < 4.78 is 5.20. The van der Waals surface area contributed by atoms with Crippen molar-refractivity contribution >= 4 is 34.8 Å². The third-order valence-electron chi connectivity index (χ3n) is 4.93. The molecular formula is C21H24N2O4S. The second-order valence-electron chi connectivity index (χ2n) is 7.01. The fraction of sp³-hybridized carbons (Fsp3) is 0.381. The van der Waals surface area contributed by atoms with Crippen LogP contribution in [0.4, 0.5) is 5.69 Å². The third kappa shape index (κ3) is 4.78. The molecule has 28 heavy (non-hydrogen) atoms. The first kappa shape index (κ1) is 20.1. The quantitative estimate of drug-likeness (QED) is 0.771. The topological polar surface area (TPSA) is 75.7 Å². The number of hydrogen-bond donors (Lipinski definition) is 1. The summed E-state index contributed by atoms with van der Waals surface area (Å²) in [5.41, 5.74) is 0.920. The maximum atomic E-state index is 12.4. The van der Waals surface area contributed by atoms with Crippen molar-refractivity contribution in [1.29, 1.82) is 0 Å². The van der Waals surface area contributed by atoms with Crippen molar-refractivity contribution in [2.45, 2.75) is 45.2 Å². The van der Waals surface area contributed by atoms with E-state index in [0.717, 1.165) is 19.3 Å². The van der Waals surface area contributed by atoms with Gasteiger partial charge in [0, 0.05) is 17.8 Å². The largest absolute Gasteiger partial charge is 0.452 e. The van der Waals surface area contributed by atoms with Gasteiger partial charge in [-0.05, 0) is 68.8 Å². The lowest BCUT2D eigenvalue weighted by molar-refractivity contribution is -0.140. The molecule has 6 nitrogen and oxygen atoms in total. The maximum Gasteiger partial charge on any atom is 0.338 e. The molecule has 2 heterocycles. The summed E-state index contributed by atoms with van der Waals surface area (Å²) >= 11 is 1.36. The number of carbonyl (C=O) groups excluding carboxylic acids is 3. The molecule has 0 unspecified atom stereocenters. The van der Waals surface area contributed by atoms with Gasteiger partial charge in [0.25, 0.3) is 11.8 Å². The highest BCUT2D eigenvalue weighted by Gasteiger charge is 2.29. The average molecular weight is 401 g/mol. The van der Waals surface area contributed by atoms with E-state index >= 15 is 0 Å². The van der Waals surface area contributed by atoms with Crippen molar-refractivity contribution in [3.05, 3.63) is 52.2 Å². The lowest BCUT2D eigenvalue weighted by Crippen LogP contribution is -2.49. The van der Waals surface area contributed by atoms with Crippen LogP contribution < -0.4 is 5.32 Å². The average Bonchev–Trinajstić information content (AvgIpc) is 3.21. The van der Waals surface area contributed by atoms with Crippen LogP contribution in [-0.4, -0.2) is 41.4 Å². The lowest BCUT2D eigenvalue weighted by atomic mass is 9.97. The van der Waals surface area contributed by atoms with Gasteiger partial charge < -0.3 is 15.0 Å². The standard InChI is InChI=1S/C21H24N2O4S/c1-14-5-3-6-15(2)23(14)19(24)13-27-21(26)16-8-10-17(11-9-16)22-20(25)18-7-4-12-28-18/h4,7-12,14-15H,3,5-6,13H2,1-2H3,(H,22,25)/t14-,15-/m0/s1. The Balaban J connectivity index is 1.53. The molecule has 1 fully saturated rings. The van der Waals surface area contributed by atoms with E-state index in [0.29, 0.717) is 16.1 Å². The summed E-state index contributed by atoms with van der Waals surface area (Å²) in [6, 6.07) is 10.3. The van der Waals surface area contributed by atoms with Gasteiger partial charge in [-0.3, -0.25) is 9.59 Å². The Bertz CT molecular complexity index is 823. The summed E-state index contributed by atoms with van der Waals surface area (Å²) in [7, 11) is 0. The number of hydrogen-bond acceptors (Lipinski definition) is 5. The van der Waals surface area contributed by atoms with Crippen LogP contribution in [0, 0.1) is 0 Å². The van der Waals surface area contributed by atoms with Crippen LogP contribution in [-0.2, 0) is 9.53 Å². The number of amides is 2. The Kier molecular flexibility index (Phi) is 6.46. The molecular weight excluding hydrogens is 376 g/mol. The van der Waals surface area contributed by atoms with Gasteiger partial charge in [-0.15, -0.1) is 11.3 Å². The van der Waals surface area contributed by atoms with E-state index in [1.54, 1.807) is 30.3 Å². The monoisotopic (exact) mass is 400 g/mol. The number of carbonyl (C=O) groups is 3. The normalized spacial score (nSPS) is 19.1. The van der Waals surface area contributed by atoms with Gasteiger partial charge in [0.2, 0.25) is 0 Å². The van der Waals surface area contributed by atoms with Crippen LogP contribution in [0.25, 0.3) is 0 Å². The number of likely N-dealkylation sites (tertiary alicyclic amines) is 1. The van der Waals surface area contributed by atoms with Crippen LogP contribution in [0.1, 0.15) is 53.1 Å². The maximum absolute atomic E-state index is 12.4. The minimum atomic E-state index is -0.554. The van der Waals surface area contributed by atoms with E-state index in [1.165, 1.54) is 11.3 Å². The summed E-state index contributed by atoms with van der Waals surface area (Å²) in [5, 5.41) is 4.61. The van der Waals surface area contributed by atoms with Crippen LogP contribution in [0.15, 0.2) is 41.8 Å². The molecule has 3 rings (SSSR count). The Morgan fingerprint density at radius 2 is 1.79 bits per heavy atom. The molecule has 0 bridgehead atoms. The molecule has 1 saturated heterocycles. The molecule has 0 aliphatic carbocycles. The highest BCUT2D eigenvalue weighted by Crippen LogP contribution is 2.22. The van der Waals surface area contributed by atoms with Crippen molar-refractivity contribution < 1.29 is 19.1 Å². The number of nitrogens with one attached hydrogen (secondary N) is 1. The van der Waals surface area contributed by atoms with Crippen LogP contribution >= 0.6 is 11.3 Å². The van der Waals surface area contributed by atoms with Crippen molar-refractivity contribution in [3.63, 3.8) is 0 Å². The highest BCUT2D eigenvalue weighted by atomic mass is 32.1. The van der Waals surface area contributed by atoms with Gasteiger partial charge in [0.15, 0.2) is 6.61 Å². The first-order chi connectivity index (χ1) is 13.5. The SMILES string of the molecule is C[C@H]1CCC[C@H](C)N1C(=O)COC(=O)c1ccc(NC(=O)c2cccs2)cc1. The first-order valence-electron chi connectivity index (χ1n) is 9.39. The van der Waals surface area contributed by atoms with Crippen LogP contribution in [0.3, 0.4) is 0 Å². The molecule has 1 aromatic carbocycles. The number of benzene rings is 1. The van der Waals surface area contributed by atoms with Crippen LogP contribution in [0.2, 0.25) is 0 Å². The fourth-order valence-electron chi connectivity index (χ4n) is 3.49. The van der Waals surface area contributed by atoms with Crippen LogP contribution in [0.5, 0.6) is 0 Å². The number of ether oxygens (including phenoxy) is 1. The number of anilines is 1. The lowest BCUT2D eigenvalue weighted by Gasteiger charge is -2.38. The minimum absolute atomic E-state index is 0.159. The second-order valence-corrected chi connectivity index (χ2v) is 7.96. The Labute approximate surface area is 168 Å². The molecule has 1 aliphatic heterocycles. The molecule has 0 saturated carbocycles. The number of thiophene rings is 1. The van der Waals surface area contributed by atoms with E-state index in [4.69, 9.17) is 4.74 Å². The van der Waals surface area contributed by atoms with E-state index in [1.807, 2.05) is 30.2 Å². The number of esters is 1. The van der Waals surface area contributed by atoms with Crippen molar-refractivity contribution in [2.24, 2.45) is 0 Å². The fourth-order valence-corrected chi connectivity index (χ4v) is 4.11. The van der Waals surface area contributed by atoms with Gasteiger partial charge in [-0.2, -0.15) is 0 Å². The van der Waals surface area contributed by atoms with Crippen molar-refractivity contribution in [1.82, 2.24) is 4.90 Å². The smallest absolute Gasteiger partial charge is 0.338 e. The van der Waals surface area contributed by atoms with E-state index in [2.05, 4.69) is 5.32 Å². The zero-order valence-corrected chi connectivity index (χ0v) is 16.8. The number of nitrogens with zero attached hydrogens (tertiary/aromatic N) is 1. The van der Waals surface area contributed by atoms with E-state index < -0.39 is 5.97 Å². The molecule has 1 aromatic heterocycles. The molecule has 0 spiro atoms. The Morgan fingerprint density at radius 3 is 2.39 bits per heavy atom. The van der Waals surface area contributed by atoms with Crippen molar-refractivity contribution in [2.75, 3.05) is 11.9 Å². The van der Waals surface area contributed by atoms with E-state index in [9.17, 15) is 14.4 Å². The molecule has 2 aromatic rings. The summed E-state index contributed by atoms with van der Waals surface area (Å²) in [6.45, 7) is 3.79. The molecule has 148 valence electrons. The second kappa shape index (κ2) is 9.01. The first-order valence-corrected chi connectivity index (χ1v) is 10.3. The Hall–Kier alpha value is -2.67. The molecule has 0 radical (unpaired) electrons. The number of piperidine rings is 1. The van der Waals surface area contributed by atoms with Gasteiger partial charge in [-0.1, -0.05) is 6.07 Å². The molecule has 1 N–H and O–H groups in total. The summed E-state index contributed by atoms with van der Waals surface area (Å²) in [6.07, 6.45) is 3.06. The predicted octanol–water partition coefficient (Wildman–Crippen LogP) is 3.95. The minimum Gasteiger partial charge on any atom is -0.452 e. The van der Waals surface area contributed by atoms with Gasteiger partial charge >= 0.3 is 5.97 Å². The number of rotatable bonds is 5. The zero-order valence-electron chi connectivity index (χ0n) is 16.0. The molecule has 2 amide bonds. The van der Waals surface area contributed by atoms with Gasteiger partial charge in [0.05, 0.1) is 10.4 Å². The third-order valence-corrected chi connectivity index (χ3v) is 5.80. The molecule has 7 heteroatoms. The van der Waals surface area contributed by atoms with E-state index in [-0.39, 0.29) is 30.5 Å². The Morgan fingerprint density at radius 1 is 1.11 bits per heavy atom. The highest BCUT2D eigenvalue weighted by molar-refractivity contribution is 7.12. The predicted molar refractivity (Wildman–Crippen MR) is 109 cm³/mol. The zero-order chi connectivity index (χ0) is 20.1. The summed E-state index contributed by atoms with van der Waals surface area (Å²) in [4.78, 5) is 39.2. The van der Waals surface area contributed by atoms with Crippen molar-refractivity contribution in [3.8, 4) is 0 Å². The summed E-state index contributed by atoms with van der Waals surface area (Å²) in [5.74, 6) is -0.907. The molecule has 1 aliphatic rings. The van der Waals surface area contributed by atoms with Gasteiger partial charge in [0.1, 0.15) is 0 Å². The molecule has 2 atom stereocenters. The van der Waals surface area contributed by atoms with Gasteiger partial charge in [-0.25, -0.2) is 4.79 Å².